The molecule has 3 aliphatic carbocycles. The van der Waals surface area contributed by atoms with E-state index in [2.05, 4.69) is 21.2 Å². The van der Waals surface area contributed by atoms with E-state index in [4.69, 9.17) is 0 Å². The molecule has 0 unspecified atom stereocenters. The monoisotopic (exact) mass is 544 g/mol. The molecular formula is C28H21BrN2O5. The van der Waals surface area contributed by atoms with Crippen LogP contribution in [0.3, 0.4) is 0 Å². The molecule has 2 atom stereocenters. The normalized spacial score (nSPS) is 25.3. The van der Waals surface area contributed by atoms with Crippen molar-refractivity contribution in [3.05, 3.63) is 100 Å². The number of anilines is 1. The van der Waals surface area contributed by atoms with E-state index in [9.17, 15) is 24.3 Å². The van der Waals surface area contributed by atoms with E-state index in [1.54, 1.807) is 13.0 Å². The van der Waals surface area contributed by atoms with Gasteiger partial charge in [-0.15, -0.1) is 0 Å². The number of imide groups is 1. The number of likely N-dealkylation sites (tertiary alicyclic amines) is 1. The number of carboxylic acids is 1. The van der Waals surface area contributed by atoms with Crippen molar-refractivity contribution in [1.82, 2.24) is 4.90 Å². The van der Waals surface area contributed by atoms with E-state index in [0.717, 1.165) is 27.2 Å². The van der Waals surface area contributed by atoms with Crippen molar-refractivity contribution in [3.63, 3.8) is 0 Å². The van der Waals surface area contributed by atoms with Gasteiger partial charge in [-0.25, -0.2) is 4.79 Å². The van der Waals surface area contributed by atoms with Crippen LogP contribution in [0.2, 0.25) is 0 Å². The third-order valence-electron chi connectivity index (χ3n) is 7.67. The highest BCUT2D eigenvalue weighted by Gasteiger charge is 2.67. The number of amides is 3. The first kappa shape index (κ1) is 22.7. The summed E-state index contributed by atoms with van der Waals surface area (Å²) in [4.78, 5) is 52.9. The second kappa shape index (κ2) is 7.86. The Bertz CT molecular complexity index is 1450. The number of carboxylic acid groups (broad SMARTS) is 1. The van der Waals surface area contributed by atoms with E-state index in [-0.39, 0.29) is 23.3 Å². The smallest absolute Gasteiger partial charge is 0.335 e. The van der Waals surface area contributed by atoms with E-state index >= 15 is 0 Å². The minimum Gasteiger partial charge on any atom is -0.478 e. The van der Waals surface area contributed by atoms with Gasteiger partial charge in [0, 0.05) is 11.6 Å². The van der Waals surface area contributed by atoms with Crippen LogP contribution in [0, 0.1) is 18.8 Å². The number of nitrogens with one attached hydrogen (secondary N) is 1. The Kier molecular flexibility index (Phi) is 4.95. The van der Waals surface area contributed by atoms with Crippen molar-refractivity contribution in [3.8, 4) is 0 Å². The highest BCUT2D eigenvalue weighted by Crippen LogP contribution is 2.66. The standard InChI is InChI=1S/C28H21BrN2O5/c1-14-10-11-15(27(35)36)12-20(14)30-21(32)13-31-25(33)23-22-16-6-2-4-8-18(16)28(29,24(23)26(31)34)19-9-5-3-7-17(19)22/h2-12,22-24H,13H2,1H3,(H,30,32)(H,35,36)/t22?,23-,24+,28?/m0/s1. The molecule has 0 aromatic heterocycles. The quantitative estimate of drug-likeness (QED) is 0.381. The molecule has 0 radical (unpaired) electrons. The fourth-order valence-corrected chi connectivity index (χ4v) is 7.32. The molecular weight excluding hydrogens is 524 g/mol. The Morgan fingerprint density at radius 3 is 2.19 bits per heavy atom. The molecule has 1 aliphatic heterocycles. The lowest BCUT2D eigenvalue weighted by Gasteiger charge is -2.51. The number of rotatable bonds is 4. The Balaban J connectivity index is 1.35. The van der Waals surface area contributed by atoms with Crippen LogP contribution in [0.15, 0.2) is 66.7 Å². The van der Waals surface area contributed by atoms with Crippen molar-refractivity contribution >= 4 is 45.3 Å². The third-order valence-corrected chi connectivity index (χ3v) is 9.01. The van der Waals surface area contributed by atoms with Crippen molar-refractivity contribution in [2.45, 2.75) is 17.2 Å². The van der Waals surface area contributed by atoms with Crippen molar-refractivity contribution in [1.29, 1.82) is 0 Å². The van der Waals surface area contributed by atoms with Crippen molar-refractivity contribution < 1.29 is 24.3 Å². The van der Waals surface area contributed by atoms with Crippen LogP contribution in [0.1, 0.15) is 44.1 Å². The first-order chi connectivity index (χ1) is 17.2. The van der Waals surface area contributed by atoms with Gasteiger partial charge >= 0.3 is 5.97 Å². The summed E-state index contributed by atoms with van der Waals surface area (Å²) in [6.45, 7) is 1.30. The number of benzene rings is 3. The SMILES string of the molecule is Cc1ccc(C(=O)O)cc1NC(=O)CN1C(=O)[C@H]2C3c4ccccc4C(Br)(c4ccccc43)[C@H]2C1=O. The van der Waals surface area contributed by atoms with Gasteiger partial charge in [-0.2, -0.15) is 0 Å². The first-order valence-corrected chi connectivity index (χ1v) is 12.4. The van der Waals surface area contributed by atoms with E-state index in [0.29, 0.717) is 11.3 Å². The zero-order chi connectivity index (χ0) is 25.4. The minimum absolute atomic E-state index is 0.0311. The summed E-state index contributed by atoms with van der Waals surface area (Å²) in [6, 6.07) is 20.2. The van der Waals surface area contributed by atoms with Gasteiger partial charge in [0.2, 0.25) is 17.7 Å². The van der Waals surface area contributed by atoms with Crippen LogP contribution in [0.25, 0.3) is 0 Å². The second-order valence-corrected chi connectivity index (χ2v) is 10.8. The van der Waals surface area contributed by atoms with Crippen LogP contribution < -0.4 is 5.32 Å². The van der Waals surface area contributed by atoms with E-state index in [1.807, 2.05) is 48.5 Å². The fourth-order valence-electron chi connectivity index (χ4n) is 6.12. The Hall–Kier alpha value is -3.78. The number of hydrogen-bond donors (Lipinski definition) is 2. The number of halogens is 1. The minimum atomic E-state index is -1.11. The molecule has 2 bridgehead atoms. The highest BCUT2D eigenvalue weighted by atomic mass is 79.9. The molecule has 0 spiro atoms. The lowest BCUT2D eigenvalue weighted by Crippen LogP contribution is -2.50. The Morgan fingerprint density at radius 1 is 0.972 bits per heavy atom. The Morgan fingerprint density at radius 2 is 1.58 bits per heavy atom. The van der Waals surface area contributed by atoms with Crippen molar-refractivity contribution in [2.24, 2.45) is 11.8 Å². The summed E-state index contributed by atoms with van der Waals surface area (Å²) in [5.74, 6) is -4.00. The number of hydrogen-bond acceptors (Lipinski definition) is 4. The summed E-state index contributed by atoms with van der Waals surface area (Å²) in [6.07, 6.45) is 0. The molecule has 0 saturated carbocycles. The number of nitrogens with zero attached hydrogens (tertiary/aromatic N) is 1. The third kappa shape index (κ3) is 2.97. The molecule has 4 aliphatic rings. The van der Waals surface area contributed by atoms with Crippen LogP contribution >= 0.6 is 15.9 Å². The summed E-state index contributed by atoms with van der Waals surface area (Å²) in [7, 11) is 0. The molecule has 1 heterocycles. The van der Waals surface area contributed by atoms with E-state index in [1.165, 1.54) is 12.1 Å². The molecule has 2 N–H and O–H groups in total. The largest absolute Gasteiger partial charge is 0.478 e. The molecule has 3 aromatic rings. The number of carbonyl (C=O) groups excluding carboxylic acids is 3. The molecule has 8 heteroatoms. The lowest BCUT2D eigenvalue weighted by molar-refractivity contribution is -0.142. The van der Waals surface area contributed by atoms with Gasteiger partial charge in [-0.05, 0) is 46.9 Å². The van der Waals surface area contributed by atoms with Gasteiger partial charge in [0.1, 0.15) is 6.54 Å². The number of alkyl halides is 1. The van der Waals surface area contributed by atoms with Gasteiger partial charge < -0.3 is 10.4 Å². The van der Waals surface area contributed by atoms with Crippen LogP contribution in [0.5, 0.6) is 0 Å². The number of carbonyl (C=O) groups is 4. The maximum Gasteiger partial charge on any atom is 0.335 e. The topological polar surface area (TPSA) is 104 Å². The fraction of sp³-hybridized carbons (Fsp3) is 0.214. The molecule has 36 heavy (non-hydrogen) atoms. The van der Waals surface area contributed by atoms with Gasteiger partial charge in [0.05, 0.1) is 21.7 Å². The van der Waals surface area contributed by atoms with Crippen LogP contribution in [0.4, 0.5) is 5.69 Å². The predicted molar refractivity (Wildman–Crippen MR) is 135 cm³/mol. The lowest BCUT2D eigenvalue weighted by atomic mass is 9.55. The summed E-state index contributed by atoms with van der Waals surface area (Å²) in [5, 5.41) is 11.9. The summed E-state index contributed by atoms with van der Waals surface area (Å²) in [5.41, 5.74) is 5.01. The second-order valence-electron chi connectivity index (χ2n) is 9.51. The zero-order valence-electron chi connectivity index (χ0n) is 19.2. The zero-order valence-corrected chi connectivity index (χ0v) is 20.8. The molecule has 7 nitrogen and oxygen atoms in total. The van der Waals surface area contributed by atoms with Crippen molar-refractivity contribution in [2.75, 3.05) is 11.9 Å². The van der Waals surface area contributed by atoms with Gasteiger partial charge in [0.25, 0.3) is 0 Å². The first-order valence-electron chi connectivity index (χ1n) is 11.6. The van der Waals surface area contributed by atoms with Gasteiger partial charge in [-0.1, -0.05) is 70.5 Å². The molecule has 3 amide bonds. The number of aromatic carboxylic acids is 1. The summed E-state index contributed by atoms with van der Waals surface area (Å²) < 4.78 is -0.871. The molecule has 1 fully saturated rings. The maximum absolute atomic E-state index is 13.8. The van der Waals surface area contributed by atoms with Gasteiger partial charge in [-0.3, -0.25) is 19.3 Å². The molecule has 1 saturated heterocycles. The molecule has 7 rings (SSSR count). The average molecular weight is 545 g/mol. The predicted octanol–water partition coefficient (Wildman–Crippen LogP) is 4.03. The molecule has 3 aromatic carbocycles. The average Bonchev–Trinajstić information content (AvgIpc) is 3.12. The highest BCUT2D eigenvalue weighted by molar-refractivity contribution is 9.09. The van der Waals surface area contributed by atoms with Gasteiger partial charge in [0.15, 0.2) is 0 Å². The molecule has 180 valence electrons. The van der Waals surface area contributed by atoms with E-state index < -0.39 is 34.6 Å². The maximum atomic E-state index is 13.8. The Labute approximate surface area is 215 Å². The summed E-state index contributed by atoms with van der Waals surface area (Å²) >= 11 is 3.93. The van der Waals surface area contributed by atoms with Crippen LogP contribution in [-0.4, -0.2) is 40.2 Å². The number of aryl methyl sites for hydroxylation is 1. The van der Waals surface area contributed by atoms with Crippen LogP contribution in [-0.2, 0) is 18.7 Å².